The Labute approximate surface area is 244 Å². The van der Waals surface area contributed by atoms with E-state index in [1.165, 1.54) is 18.5 Å². The Kier molecular flexibility index (Phi) is 8.78. The number of fused-ring (bicyclic) bond motifs is 1. The van der Waals surface area contributed by atoms with Gasteiger partial charge in [0.2, 0.25) is 17.8 Å². The summed E-state index contributed by atoms with van der Waals surface area (Å²) in [7, 11) is 5.54. The van der Waals surface area contributed by atoms with E-state index in [9.17, 15) is 17.6 Å². The number of nitrogen functional groups attached to an aromatic ring is 1. The maximum Gasteiger partial charge on any atom is 0.422 e. The SMILES string of the molecule is CN(C)CCN(C)c1nc(OCC(F)(F)F)c(Nc2ncnc(N3CCC(C)(C)c4cc(F)c(Br)cc43)n2)cc1N. The molecule has 0 saturated carbocycles. The number of ether oxygens (including phenoxy) is 1. The number of pyridine rings is 1. The molecule has 2 aromatic heterocycles. The van der Waals surface area contributed by atoms with E-state index in [1.807, 2.05) is 37.7 Å². The van der Waals surface area contributed by atoms with Crippen LogP contribution in [0, 0.1) is 5.82 Å². The van der Waals surface area contributed by atoms with Crippen molar-refractivity contribution in [1.29, 1.82) is 0 Å². The number of benzene rings is 1. The summed E-state index contributed by atoms with van der Waals surface area (Å²) in [6.07, 6.45) is -2.60. The normalized spacial score (nSPS) is 14.7. The van der Waals surface area contributed by atoms with Crippen molar-refractivity contribution in [2.45, 2.75) is 31.9 Å². The summed E-state index contributed by atoms with van der Waals surface area (Å²) < 4.78 is 59.0. The fourth-order valence-corrected chi connectivity index (χ4v) is 4.70. The maximum absolute atomic E-state index is 14.4. The molecular formula is C26H32BrF4N9O. The van der Waals surface area contributed by atoms with E-state index in [0.29, 0.717) is 30.5 Å². The van der Waals surface area contributed by atoms with Crippen molar-refractivity contribution in [1.82, 2.24) is 24.8 Å². The average molecular weight is 642 g/mol. The molecule has 0 unspecified atom stereocenters. The summed E-state index contributed by atoms with van der Waals surface area (Å²) in [4.78, 5) is 22.8. The molecule has 3 heterocycles. The molecule has 0 bridgehead atoms. The molecule has 10 nitrogen and oxygen atoms in total. The van der Waals surface area contributed by atoms with E-state index in [4.69, 9.17) is 10.5 Å². The highest BCUT2D eigenvalue weighted by atomic mass is 79.9. The van der Waals surface area contributed by atoms with E-state index in [-0.39, 0.29) is 46.2 Å². The second-order valence-electron chi connectivity index (χ2n) is 10.7. The number of hydrogen-bond donors (Lipinski definition) is 2. The Morgan fingerprint density at radius 3 is 2.54 bits per heavy atom. The second-order valence-corrected chi connectivity index (χ2v) is 11.5. The monoisotopic (exact) mass is 641 g/mol. The summed E-state index contributed by atoms with van der Waals surface area (Å²) in [5.41, 5.74) is 7.78. The number of nitrogens with two attached hydrogens (primary N) is 1. The highest BCUT2D eigenvalue weighted by Gasteiger charge is 2.34. The Morgan fingerprint density at radius 2 is 1.85 bits per heavy atom. The van der Waals surface area contributed by atoms with Gasteiger partial charge in [0.25, 0.3) is 0 Å². The Balaban J connectivity index is 1.68. The Morgan fingerprint density at radius 1 is 1.12 bits per heavy atom. The van der Waals surface area contributed by atoms with Gasteiger partial charge in [-0.1, -0.05) is 13.8 Å². The van der Waals surface area contributed by atoms with Crippen LogP contribution in [0.3, 0.4) is 0 Å². The van der Waals surface area contributed by atoms with Crippen LogP contribution in [-0.2, 0) is 5.41 Å². The van der Waals surface area contributed by atoms with Crippen molar-refractivity contribution in [2.75, 3.05) is 68.2 Å². The zero-order valence-corrected chi connectivity index (χ0v) is 24.9. The van der Waals surface area contributed by atoms with Gasteiger partial charge in [0.05, 0.1) is 10.2 Å². The van der Waals surface area contributed by atoms with Gasteiger partial charge in [-0.05, 0) is 65.6 Å². The summed E-state index contributed by atoms with van der Waals surface area (Å²) in [5.74, 6) is -0.0966. The molecule has 222 valence electrons. The maximum atomic E-state index is 14.4. The number of hydrogen-bond acceptors (Lipinski definition) is 10. The van der Waals surface area contributed by atoms with Crippen LogP contribution < -0.4 is 25.6 Å². The summed E-state index contributed by atoms with van der Waals surface area (Å²) in [6, 6.07) is 4.62. The van der Waals surface area contributed by atoms with Gasteiger partial charge in [0, 0.05) is 32.4 Å². The molecule has 0 atom stereocenters. The minimum Gasteiger partial charge on any atom is -0.466 e. The summed E-state index contributed by atoms with van der Waals surface area (Å²) in [5, 5.41) is 2.89. The molecular weight excluding hydrogens is 610 g/mol. The van der Waals surface area contributed by atoms with Gasteiger partial charge in [0.15, 0.2) is 12.4 Å². The number of aromatic nitrogens is 4. The lowest BCUT2D eigenvalue weighted by Crippen LogP contribution is -2.35. The lowest BCUT2D eigenvalue weighted by molar-refractivity contribution is -0.153. The molecule has 41 heavy (non-hydrogen) atoms. The molecule has 4 rings (SSSR count). The molecule has 0 amide bonds. The van der Waals surface area contributed by atoms with Crippen molar-refractivity contribution >= 4 is 50.7 Å². The molecule has 3 N–H and O–H groups in total. The number of anilines is 6. The average Bonchev–Trinajstić information content (AvgIpc) is 2.87. The standard InChI is InChI=1S/C26H32BrF4N9O/c1-25(2)6-7-40(20-11-16(27)17(28)10-15(20)25)24-34-14-33-23(37-24)35-19-12-18(32)21(39(5)9-8-38(3)4)36-22(19)41-13-26(29,30)31/h10-12,14H,6-9,13,32H2,1-5H3,(H,33,34,35,37). The molecule has 0 aliphatic carbocycles. The van der Waals surface area contributed by atoms with Crippen molar-refractivity contribution < 1.29 is 22.3 Å². The van der Waals surface area contributed by atoms with Gasteiger partial charge in [0.1, 0.15) is 17.8 Å². The van der Waals surface area contributed by atoms with Crippen LogP contribution in [0.1, 0.15) is 25.8 Å². The van der Waals surface area contributed by atoms with Crippen molar-refractivity contribution in [2.24, 2.45) is 0 Å². The molecule has 0 radical (unpaired) electrons. The first kappa shape index (κ1) is 30.5. The predicted octanol–water partition coefficient (Wildman–Crippen LogP) is 5.25. The number of halogens is 5. The third-order valence-corrected chi connectivity index (χ3v) is 7.29. The zero-order valence-electron chi connectivity index (χ0n) is 23.4. The first-order chi connectivity index (χ1) is 19.1. The van der Waals surface area contributed by atoms with E-state index in [1.54, 1.807) is 18.0 Å². The van der Waals surface area contributed by atoms with Crippen LogP contribution in [0.5, 0.6) is 5.88 Å². The number of likely N-dealkylation sites (N-methyl/N-ethyl adjacent to an activating group) is 2. The molecule has 1 aliphatic heterocycles. The van der Waals surface area contributed by atoms with Gasteiger partial charge in [-0.15, -0.1) is 0 Å². The van der Waals surface area contributed by atoms with Crippen LogP contribution in [0.4, 0.5) is 52.3 Å². The number of alkyl halides is 3. The van der Waals surface area contributed by atoms with Crippen LogP contribution in [0.2, 0.25) is 0 Å². The van der Waals surface area contributed by atoms with Crippen molar-refractivity contribution in [3.8, 4) is 5.88 Å². The zero-order chi connectivity index (χ0) is 30.1. The molecule has 0 fully saturated rings. The lowest BCUT2D eigenvalue weighted by atomic mass is 9.77. The third kappa shape index (κ3) is 7.25. The Hall–Kier alpha value is -3.46. The largest absolute Gasteiger partial charge is 0.466 e. The fraction of sp³-hybridized carbons (Fsp3) is 0.462. The quantitative estimate of drug-likeness (QED) is 0.301. The minimum absolute atomic E-state index is 0.0364. The predicted molar refractivity (Wildman–Crippen MR) is 154 cm³/mol. The minimum atomic E-state index is -4.58. The number of nitrogens with one attached hydrogen (secondary N) is 1. The molecule has 15 heteroatoms. The molecule has 0 spiro atoms. The smallest absolute Gasteiger partial charge is 0.422 e. The fourth-order valence-electron chi connectivity index (χ4n) is 4.37. The van der Waals surface area contributed by atoms with Gasteiger partial charge in [-0.25, -0.2) is 14.4 Å². The van der Waals surface area contributed by atoms with Gasteiger partial charge >= 0.3 is 6.18 Å². The van der Waals surface area contributed by atoms with Crippen LogP contribution >= 0.6 is 15.9 Å². The van der Waals surface area contributed by atoms with E-state index in [0.717, 1.165) is 11.3 Å². The molecule has 0 saturated heterocycles. The highest BCUT2D eigenvalue weighted by molar-refractivity contribution is 9.10. The topological polar surface area (TPSA) is 109 Å². The van der Waals surface area contributed by atoms with Gasteiger partial charge in [-0.3, -0.25) is 0 Å². The summed E-state index contributed by atoms with van der Waals surface area (Å²) in [6.45, 7) is 4.28. The van der Waals surface area contributed by atoms with Gasteiger partial charge < -0.3 is 30.5 Å². The van der Waals surface area contributed by atoms with Crippen LogP contribution in [-0.4, -0.2) is 78.4 Å². The Bertz CT molecular complexity index is 1400. The highest BCUT2D eigenvalue weighted by Crippen LogP contribution is 2.44. The van der Waals surface area contributed by atoms with Crippen molar-refractivity contribution in [3.63, 3.8) is 0 Å². The van der Waals surface area contributed by atoms with Crippen LogP contribution in [0.25, 0.3) is 0 Å². The summed E-state index contributed by atoms with van der Waals surface area (Å²) >= 11 is 3.26. The first-order valence-electron chi connectivity index (χ1n) is 12.7. The number of nitrogens with zero attached hydrogens (tertiary/aromatic N) is 7. The molecule has 1 aliphatic rings. The van der Waals surface area contributed by atoms with E-state index in [2.05, 4.69) is 41.2 Å². The van der Waals surface area contributed by atoms with E-state index < -0.39 is 12.8 Å². The number of rotatable bonds is 9. The van der Waals surface area contributed by atoms with E-state index >= 15 is 0 Å². The van der Waals surface area contributed by atoms with Gasteiger partial charge in [-0.2, -0.15) is 23.1 Å². The van der Waals surface area contributed by atoms with Crippen molar-refractivity contribution in [3.05, 3.63) is 40.4 Å². The second kappa shape index (κ2) is 11.8. The first-order valence-corrected chi connectivity index (χ1v) is 13.5. The lowest BCUT2D eigenvalue weighted by Gasteiger charge is -2.39. The van der Waals surface area contributed by atoms with Crippen LogP contribution in [0.15, 0.2) is 29.0 Å². The molecule has 3 aromatic rings. The third-order valence-electron chi connectivity index (χ3n) is 6.68. The molecule has 1 aromatic carbocycles.